The molecule has 0 amide bonds. The van der Waals surface area contributed by atoms with Crippen molar-refractivity contribution in [2.45, 2.75) is 48.2 Å². The first-order valence-electron chi connectivity index (χ1n) is 5.60. The van der Waals surface area contributed by atoms with Gasteiger partial charge in [0, 0.05) is 17.0 Å². The predicted molar refractivity (Wildman–Crippen MR) is 61.8 cm³/mol. The van der Waals surface area contributed by atoms with Crippen molar-refractivity contribution in [1.82, 2.24) is 4.90 Å². The van der Waals surface area contributed by atoms with E-state index < -0.39 is 0 Å². The zero-order valence-electron chi connectivity index (χ0n) is 9.20. The number of rotatable bonds is 3. The van der Waals surface area contributed by atoms with Gasteiger partial charge in [0.2, 0.25) is 0 Å². The maximum absolute atomic E-state index is 10.5. The van der Waals surface area contributed by atoms with Gasteiger partial charge in [-0.1, -0.05) is 0 Å². The SMILES string of the molecule is CN(C)CCC1(O)CC2CCC(C1)S2. The average molecular weight is 215 g/mol. The van der Waals surface area contributed by atoms with Crippen LogP contribution < -0.4 is 0 Å². The summed E-state index contributed by atoms with van der Waals surface area (Å²) in [6.45, 7) is 1.01. The molecule has 2 heterocycles. The highest BCUT2D eigenvalue weighted by atomic mass is 32.2. The second-order valence-electron chi connectivity index (χ2n) is 5.14. The van der Waals surface area contributed by atoms with E-state index in [4.69, 9.17) is 0 Å². The second-order valence-corrected chi connectivity index (χ2v) is 6.75. The van der Waals surface area contributed by atoms with Gasteiger partial charge in [-0.15, -0.1) is 0 Å². The first-order valence-corrected chi connectivity index (χ1v) is 6.54. The van der Waals surface area contributed by atoms with Crippen molar-refractivity contribution in [1.29, 1.82) is 0 Å². The minimum atomic E-state index is -0.346. The third-order valence-corrected chi connectivity index (χ3v) is 5.01. The molecule has 0 saturated carbocycles. The Hall–Kier alpha value is 0.270. The standard InChI is InChI=1S/C11H21NOS/c1-12(2)6-5-11(13)7-9-3-4-10(8-11)14-9/h9-10,13H,3-8H2,1-2H3. The van der Waals surface area contributed by atoms with Crippen LogP contribution in [0.15, 0.2) is 0 Å². The molecule has 2 rings (SSSR count). The Balaban J connectivity index is 1.89. The van der Waals surface area contributed by atoms with Crippen LogP contribution in [0.4, 0.5) is 0 Å². The highest BCUT2D eigenvalue weighted by Crippen LogP contribution is 2.48. The Morgan fingerprint density at radius 2 is 1.86 bits per heavy atom. The molecule has 2 bridgehead atoms. The van der Waals surface area contributed by atoms with Gasteiger partial charge in [-0.25, -0.2) is 0 Å². The van der Waals surface area contributed by atoms with Crippen molar-refractivity contribution in [3.63, 3.8) is 0 Å². The van der Waals surface area contributed by atoms with E-state index in [1.807, 2.05) is 0 Å². The van der Waals surface area contributed by atoms with Gasteiger partial charge in [0.25, 0.3) is 0 Å². The number of nitrogens with zero attached hydrogens (tertiary/aromatic N) is 1. The van der Waals surface area contributed by atoms with Gasteiger partial charge in [-0.2, -0.15) is 11.8 Å². The molecule has 0 spiro atoms. The Morgan fingerprint density at radius 3 is 2.36 bits per heavy atom. The maximum atomic E-state index is 10.5. The van der Waals surface area contributed by atoms with Crippen molar-refractivity contribution in [3.8, 4) is 0 Å². The summed E-state index contributed by atoms with van der Waals surface area (Å²) in [5, 5.41) is 12.0. The van der Waals surface area contributed by atoms with Crippen LogP contribution in [0.2, 0.25) is 0 Å². The first kappa shape index (κ1) is 10.8. The monoisotopic (exact) mass is 215 g/mol. The molecule has 2 aliphatic heterocycles. The number of fused-ring (bicyclic) bond motifs is 2. The molecule has 2 fully saturated rings. The lowest BCUT2D eigenvalue weighted by molar-refractivity contribution is 0.00978. The van der Waals surface area contributed by atoms with E-state index in [-0.39, 0.29) is 5.60 Å². The summed E-state index contributed by atoms with van der Waals surface area (Å²) in [6.07, 6.45) is 5.68. The summed E-state index contributed by atoms with van der Waals surface area (Å²) >= 11 is 2.12. The topological polar surface area (TPSA) is 23.5 Å². The van der Waals surface area contributed by atoms with E-state index in [2.05, 4.69) is 30.8 Å². The Kier molecular flexibility index (Phi) is 3.10. The summed E-state index contributed by atoms with van der Waals surface area (Å²) < 4.78 is 0. The van der Waals surface area contributed by atoms with E-state index in [1.54, 1.807) is 0 Å². The van der Waals surface area contributed by atoms with E-state index in [1.165, 1.54) is 12.8 Å². The molecular weight excluding hydrogens is 194 g/mol. The lowest BCUT2D eigenvalue weighted by atomic mass is 9.90. The van der Waals surface area contributed by atoms with Crippen molar-refractivity contribution in [2.75, 3.05) is 20.6 Å². The number of thioether (sulfide) groups is 1. The molecule has 0 aromatic rings. The minimum absolute atomic E-state index is 0.346. The average Bonchev–Trinajstić information content (AvgIpc) is 2.43. The van der Waals surface area contributed by atoms with Crippen LogP contribution in [0, 0.1) is 0 Å². The van der Waals surface area contributed by atoms with Gasteiger partial charge < -0.3 is 10.0 Å². The lowest BCUT2D eigenvalue weighted by Gasteiger charge is -2.36. The fourth-order valence-corrected chi connectivity index (χ4v) is 4.55. The molecule has 3 heteroatoms. The predicted octanol–water partition coefficient (Wildman–Crippen LogP) is 1.73. The van der Waals surface area contributed by atoms with Crippen molar-refractivity contribution in [3.05, 3.63) is 0 Å². The first-order chi connectivity index (χ1) is 6.57. The van der Waals surface area contributed by atoms with Crippen LogP contribution in [0.3, 0.4) is 0 Å². The number of hydrogen-bond donors (Lipinski definition) is 1. The maximum Gasteiger partial charge on any atom is 0.0681 e. The zero-order chi connectivity index (χ0) is 10.2. The summed E-state index contributed by atoms with van der Waals surface area (Å²) in [7, 11) is 4.16. The molecule has 2 aliphatic rings. The summed E-state index contributed by atoms with van der Waals surface area (Å²) in [6, 6.07) is 0. The van der Waals surface area contributed by atoms with Gasteiger partial charge in [0.15, 0.2) is 0 Å². The molecule has 2 unspecified atom stereocenters. The van der Waals surface area contributed by atoms with E-state index in [0.717, 1.165) is 36.3 Å². The van der Waals surface area contributed by atoms with Crippen molar-refractivity contribution in [2.24, 2.45) is 0 Å². The minimum Gasteiger partial charge on any atom is -0.390 e. The Morgan fingerprint density at radius 1 is 1.29 bits per heavy atom. The van der Waals surface area contributed by atoms with E-state index in [0.29, 0.717) is 0 Å². The molecule has 0 aromatic carbocycles. The van der Waals surface area contributed by atoms with Gasteiger partial charge in [-0.3, -0.25) is 0 Å². The van der Waals surface area contributed by atoms with E-state index in [9.17, 15) is 5.11 Å². The molecule has 2 saturated heterocycles. The fraction of sp³-hybridized carbons (Fsp3) is 1.00. The van der Waals surface area contributed by atoms with Crippen LogP contribution in [0.25, 0.3) is 0 Å². The third-order valence-electron chi connectivity index (χ3n) is 3.44. The largest absolute Gasteiger partial charge is 0.390 e. The summed E-state index contributed by atoms with van der Waals surface area (Å²) in [5.41, 5.74) is -0.346. The highest BCUT2D eigenvalue weighted by molar-refractivity contribution is 8.00. The number of hydrogen-bond acceptors (Lipinski definition) is 3. The Labute approximate surface area is 91.1 Å². The molecule has 0 aromatic heterocycles. The molecule has 82 valence electrons. The van der Waals surface area contributed by atoms with Crippen LogP contribution >= 0.6 is 11.8 Å². The molecule has 0 radical (unpaired) electrons. The van der Waals surface area contributed by atoms with Crippen molar-refractivity contribution < 1.29 is 5.11 Å². The van der Waals surface area contributed by atoms with Gasteiger partial charge >= 0.3 is 0 Å². The molecule has 0 aliphatic carbocycles. The summed E-state index contributed by atoms with van der Waals surface area (Å²) in [5.74, 6) is 0. The lowest BCUT2D eigenvalue weighted by Crippen LogP contribution is -2.39. The molecule has 2 nitrogen and oxygen atoms in total. The van der Waals surface area contributed by atoms with Gasteiger partial charge in [-0.05, 0) is 46.2 Å². The third kappa shape index (κ3) is 2.44. The fourth-order valence-electron chi connectivity index (χ4n) is 2.65. The molecular formula is C11H21NOS. The van der Waals surface area contributed by atoms with Crippen LogP contribution in [0.5, 0.6) is 0 Å². The molecule has 14 heavy (non-hydrogen) atoms. The number of aliphatic hydroxyl groups is 1. The quantitative estimate of drug-likeness (QED) is 0.775. The van der Waals surface area contributed by atoms with Gasteiger partial charge in [0.1, 0.15) is 0 Å². The zero-order valence-corrected chi connectivity index (χ0v) is 10.0. The smallest absolute Gasteiger partial charge is 0.0681 e. The molecule has 2 atom stereocenters. The molecule has 1 N–H and O–H groups in total. The summed E-state index contributed by atoms with van der Waals surface area (Å²) in [4.78, 5) is 2.17. The van der Waals surface area contributed by atoms with Crippen LogP contribution in [0.1, 0.15) is 32.1 Å². The van der Waals surface area contributed by atoms with Crippen molar-refractivity contribution >= 4 is 11.8 Å². The Bertz CT molecular complexity index is 195. The van der Waals surface area contributed by atoms with Crippen LogP contribution in [-0.4, -0.2) is 46.7 Å². The van der Waals surface area contributed by atoms with Gasteiger partial charge in [0.05, 0.1) is 5.60 Å². The normalized spacial score (nSPS) is 42.0. The van der Waals surface area contributed by atoms with Crippen LogP contribution in [-0.2, 0) is 0 Å². The second kappa shape index (κ2) is 4.03. The highest BCUT2D eigenvalue weighted by Gasteiger charge is 2.42. The van der Waals surface area contributed by atoms with E-state index >= 15 is 0 Å².